The summed E-state index contributed by atoms with van der Waals surface area (Å²) in [6.07, 6.45) is 1.05. The molecule has 0 bridgehead atoms. The second-order valence-corrected chi connectivity index (χ2v) is 9.59. The Balaban J connectivity index is 1.70. The van der Waals surface area contributed by atoms with Gasteiger partial charge in [-0.15, -0.1) is 0 Å². The summed E-state index contributed by atoms with van der Waals surface area (Å²) in [7, 11) is 0. The molecule has 2 aliphatic rings. The van der Waals surface area contributed by atoms with Crippen molar-refractivity contribution in [3.8, 4) is 0 Å². The Morgan fingerprint density at radius 1 is 1.10 bits per heavy atom. The second kappa shape index (κ2) is 8.78. The van der Waals surface area contributed by atoms with E-state index in [-0.39, 0.29) is 22.8 Å². The normalized spacial score (nSPS) is 23.2. The number of carbonyl (C=O) groups is 2. The average molecular weight is 445 g/mol. The zero-order valence-corrected chi connectivity index (χ0v) is 18.5. The van der Waals surface area contributed by atoms with Crippen LogP contribution in [0.5, 0.6) is 0 Å². The second-order valence-electron chi connectivity index (χ2n) is 8.77. The summed E-state index contributed by atoms with van der Waals surface area (Å²) >= 11 is 12.0. The lowest BCUT2D eigenvalue weighted by atomic mass is 9.90. The highest BCUT2D eigenvalue weighted by Gasteiger charge is 2.36. The Labute approximate surface area is 181 Å². The molecule has 2 saturated heterocycles. The van der Waals surface area contributed by atoms with Crippen LogP contribution in [0.15, 0.2) is 12.1 Å². The molecule has 5 nitrogen and oxygen atoms in total. The van der Waals surface area contributed by atoms with Crippen LogP contribution in [0, 0.1) is 17.2 Å². The number of likely N-dealkylation sites (tertiary alicyclic amines) is 1. The fourth-order valence-corrected chi connectivity index (χ4v) is 4.42. The minimum atomic E-state index is -0.568. The molecule has 3 rings (SSSR count). The molecule has 8 heteroatoms. The Kier molecular flexibility index (Phi) is 6.76. The van der Waals surface area contributed by atoms with Crippen molar-refractivity contribution in [2.75, 3.05) is 32.8 Å². The van der Waals surface area contributed by atoms with Gasteiger partial charge in [-0.05, 0) is 25.0 Å². The maximum absolute atomic E-state index is 13.9. The van der Waals surface area contributed by atoms with Gasteiger partial charge in [-0.2, -0.15) is 0 Å². The van der Waals surface area contributed by atoms with Gasteiger partial charge >= 0.3 is 0 Å². The first-order chi connectivity index (χ1) is 13.6. The number of hydrogen-bond acceptors (Lipinski definition) is 3. The van der Waals surface area contributed by atoms with E-state index in [2.05, 4.69) is 0 Å². The lowest BCUT2D eigenvalue weighted by Gasteiger charge is -2.40. The van der Waals surface area contributed by atoms with Gasteiger partial charge in [0.1, 0.15) is 11.9 Å². The van der Waals surface area contributed by atoms with E-state index in [9.17, 15) is 14.0 Å². The third kappa shape index (κ3) is 5.04. The number of halogens is 3. The number of carbonyl (C=O) groups excluding carboxylic acids is 2. The van der Waals surface area contributed by atoms with Crippen LogP contribution in [-0.2, 0) is 14.3 Å². The van der Waals surface area contributed by atoms with Crippen molar-refractivity contribution in [2.45, 2.75) is 39.7 Å². The van der Waals surface area contributed by atoms with E-state index in [1.54, 1.807) is 9.80 Å². The van der Waals surface area contributed by atoms with Crippen LogP contribution >= 0.6 is 23.2 Å². The van der Waals surface area contributed by atoms with Gasteiger partial charge in [0, 0.05) is 35.6 Å². The molecule has 2 unspecified atom stereocenters. The molecule has 160 valence electrons. The zero-order valence-electron chi connectivity index (χ0n) is 17.0. The fraction of sp³-hybridized carbons (Fsp3) is 0.619. The molecule has 0 N–H and O–H groups in total. The Bertz CT molecular complexity index is 797. The summed E-state index contributed by atoms with van der Waals surface area (Å²) < 4.78 is 19.7. The molecular weight excluding hydrogens is 418 g/mol. The van der Waals surface area contributed by atoms with Crippen LogP contribution in [0.1, 0.15) is 45.3 Å². The van der Waals surface area contributed by atoms with Crippen molar-refractivity contribution < 1.29 is 18.7 Å². The molecule has 1 aromatic carbocycles. The smallest absolute Gasteiger partial charge is 0.227 e. The highest BCUT2D eigenvalue weighted by atomic mass is 35.5. The first-order valence-corrected chi connectivity index (χ1v) is 10.7. The predicted octanol–water partition coefficient (Wildman–Crippen LogP) is 4.32. The first kappa shape index (κ1) is 22.3. The molecule has 2 atom stereocenters. The van der Waals surface area contributed by atoms with Gasteiger partial charge in [0.05, 0.1) is 24.1 Å². The van der Waals surface area contributed by atoms with Crippen molar-refractivity contribution >= 4 is 35.0 Å². The molecule has 0 aliphatic carbocycles. The highest BCUT2D eigenvalue weighted by molar-refractivity contribution is 6.35. The van der Waals surface area contributed by atoms with E-state index >= 15 is 0 Å². The van der Waals surface area contributed by atoms with Gasteiger partial charge in [-0.3, -0.25) is 9.59 Å². The fourth-order valence-electron chi connectivity index (χ4n) is 3.92. The maximum atomic E-state index is 13.9. The third-order valence-corrected chi connectivity index (χ3v) is 6.08. The lowest BCUT2D eigenvalue weighted by molar-refractivity contribution is -0.149. The molecule has 0 aromatic heterocycles. The van der Waals surface area contributed by atoms with E-state index in [4.69, 9.17) is 27.9 Å². The van der Waals surface area contributed by atoms with Gasteiger partial charge in [0.2, 0.25) is 11.8 Å². The molecule has 2 heterocycles. The summed E-state index contributed by atoms with van der Waals surface area (Å²) in [5, 5.41) is 0.267. The summed E-state index contributed by atoms with van der Waals surface area (Å²) in [5.74, 6) is -0.721. The maximum Gasteiger partial charge on any atom is 0.227 e. The van der Waals surface area contributed by atoms with E-state index in [0.29, 0.717) is 43.4 Å². The number of morpholine rings is 1. The standard InChI is InChI=1S/C21H27Cl2FN2O3/c1-21(2,3)20(28)26-6-4-5-13(11-26)19(27)25-7-8-29-18(12-25)14-9-17(24)16(23)10-15(14)22/h9-10,13,18H,4-8,11-12H2,1-3H3. The molecule has 2 amide bonds. The van der Waals surface area contributed by atoms with Gasteiger partial charge in [0.15, 0.2) is 0 Å². The zero-order chi connectivity index (χ0) is 21.3. The largest absolute Gasteiger partial charge is 0.370 e. The number of hydrogen-bond donors (Lipinski definition) is 0. The Morgan fingerprint density at radius 3 is 2.52 bits per heavy atom. The monoisotopic (exact) mass is 444 g/mol. The third-order valence-electron chi connectivity index (χ3n) is 5.46. The van der Waals surface area contributed by atoms with E-state index in [0.717, 1.165) is 12.8 Å². The quantitative estimate of drug-likeness (QED) is 0.638. The van der Waals surface area contributed by atoms with Crippen LogP contribution in [0.2, 0.25) is 10.0 Å². The summed E-state index contributed by atoms with van der Waals surface area (Å²) in [4.78, 5) is 29.3. The number of ether oxygens (including phenoxy) is 1. The molecule has 2 aliphatic heterocycles. The molecule has 0 spiro atoms. The van der Waals surface area contributed by atoms with Crippen molar-refractivity contribution in [3.63, 3.8) is 0 Å². The summed E-state index contributed by atoms with van der Waals surface area (Å²) in [6, 6.07) is 2.63. The van der Waals surface area contributed by atoms with Gasteiger partial charge in [0.25, 0.3) is 0 Å². The minimum absolute atomic E-state index is 0.00951. The van der Waals surface area contributed by atoms with Gasteiger partial charge in [-0.1, -0.05) is 44.0 Å². The number of piperidine rings is 1. The topological polar surface area (TPSA) is 49.9 Å². The molecule has 1 aromatic rings. The van der Waals surface area contributed by atoms with E-state index in [1.165, 1.54) is 12.1 Å². The molecule has 2 fully saturated rings. The van der Waals surface area contributed by atoms with Crippen LogP contribution in [0.25, 0.3) is 0 Å². The van der Waals surface area contributed by atoms with Gasteiger partial charge < -0.3 is 14.5 Å². The average Bonchev–Trinajstić information content (AvgIpc) is 2.69. The molecule has 0 saturated carbocycles. The van der Waals surface area contributed by atoms with Gasteiger partial charge in [-0.25, -0.2) is 4.39 Å². The minimum Gasteiger partial charge on any atom is -0.370 e. The van der Waals surface area contributed by atoms with Crippen molar-refractivity contribution in [1.82, 2.24) is 9.80 Å². The van der Waals surface area contributed by atoms with Crippen LogP contribution in [-0.4, -0.2) is 54.4 Å². The van der Waals surface area contributed by atoms with E-state index in [1.807, 2.05) is 20.8 Å². The molecule has 29 heavy (non-hydrogen) atoms. The van der Waals surface area contributed by atoms with E-state index < -0.39 is 17.3 Å². The first-order valence-electron chi connectivity index (χ1n) is 9.92. The lowest BCUT2D eigenvalue weighted by Crippen LogP contribution is -2.51. The van der Waals surface area contributed by atoms with Crippen molar-refractivity contribution in [1.29, 1.82) is 0 Å². The number of rotatable bonds is 2. The number of benzene rings is 1. The Morgan fingerprint density at radius 2 is 1.83 bits per heavy atom. The van der Waals surface area contributed by atoms with Crippen molar-refractivity contribution in [2.24, 2.45) is 11.3 Å². The van der Waals surface area contributed by atoms with Crippen molar-refractivity contribution in [3.05, 3.63) is 33.6 Å². The highest BCUT2D eigenvalue weighted by Crippen LogP contribution is 2.33. The molecular formula is C21H27Cl2FN2O3. The predicted molar refractivity (Wildman–Crippen MR) is 110 cm³/mol. The summed E-state index contributed by atoms with van der Waals surface area (Å²) in [6.45, 7) is 7.90. The SMILES string of the molecule is CC(C)(C)C(=O)N1CCCC(C(=O)N2CCOC(c3cc(F)c(Cl)cc3Cl)C2)C1. The Hall–Kier alpha value is -1.37. The number of amides is 2. The van der Waals surface area contributed by atoms with Crippen LogP contribution in [0.3, 0.4) is 0 Å². The van der Waals surface area contributed by atoms with Crippen LogP contribution in [0.4, 0.5) is 4.39 Å². The van der Waals surface area contributed by atoms with Crippen LogP contribution < -0.4 is 0 Å². The molecule has 0 radical (unpaired) electrons. The summed E-state index contributed by atoms with van der Waals surface area (Å²) in [5.41, 5.74) is 0.0176. The number of nitrogens with zero attached hydrogens (tertiary/aromatic N) is 2.